The van der Waals surface area contributed by atoms with Gasteiger partial charge in [-0.2, -0.15) is 0 Å². The minimum absolute atomic E-state index is 0.0495. The number of aromatic amines is 1. The summed E-state index contributed by atoms with van der Waals surface area (Å²) in [5.41, 5.74) is 5.27. The van der Waals surface area contributed by atoms with Gasteiger partial charge in [0.2, 0.25) is 17.7 Å². The Kier molecular flexibility index (Phi) is 12.2. The number of H-pyrrole nitrogens is 1. The molecule has 4 rings (SSSR count). The number of ether oxygens (including phenoxy) is 2. The lowest BCUT2D eigenvalue weighted by atomic mass is 9.78. The number of nitrogens with one attached hydrogen (secondary N) is 4. The first-order valence-corrected chi connectivity index (χ1v) is 16.9. The smallest absolute Gasteiger partial charge is 0.405 e. The number of carbonyl (C=O) groups is 5. The van der Waals surface area contributed by atoms with E-state index in [0.29, 0.717) is 39.4 Å². The Morgan fingerprint density at radius 2 is 1.65 bits per heavy atom. The third kappa shape index (κ3) is 9.06. The van der Waals surface area contributed by atoms with Gasteiger partial charge in [0.15, 0.2) is 0 Å². The number of esters is 1. The van der Waals surface area contributed by atoms with Gasteiger partial charge in [-0.05, 0) is 54.5 Å². The number of rotatable bonds is 12. The topological polar surface area (TPSA) is 182 Å². The van der Waals surface area contributed by atoms with Gasteiger partial charge >= 0.3 is 18.4 Å². The van der Waals surface area contributed by atoms with Crippen LogP contribution in [0.4, 0.5) is 18.0 Å². The van der Waals surface area contributed by atoms with E-state index in [9.17, 15) is 37.1 Å². The molecule has 12 nitrogen and oxygen atoms in total. The van der Waals surface area contributed by atoms with Crippen molar-refractivity contribution in [3.63, 3.8) is 0 Å². The van der Waals surface area contributed by atoms with Crippen LogP contribution in [0.1, 0.15) is 68.6 Å². The van der Waals surface area contributed by atoms with Gasteiger partial charge in [0.05, 0.1) is 10.5 Å². The van der Waals surface area contributed by atoms with Crippen molar-refractivity contribution in [2.75, 3.05) is 0 Å². The van der Waals surface area contributed by atoms with Gasteiger partial charge in [0.1, 0.15) is 28.9 Å². The summed E-state index contributed by atoms with van der Waals surface area (Å²) in [7, 11) is 0. The number of hydrogen-bond acceptors (Lipinski definition) is 7. The molecular formula is C34H38Cl2F3N5O7. The van der Waals surface area contributed by atoms with Gasteiger partial charge in [-0.3, -0.25) is 14.4 Å². The van der Waals surface area contributed by atoms with Crippen molar-refractivity contribution in [2.45, 2.75) is 83.8 Å². The van der Waals surface area contributed by atoms with Crippen LogP contribution in [0.5, 0.6) is 5.75 Å². The number of aryl methyl sites for hydroxylation is 1. The number of alkyl carbamates (subject to hydrolysis) is 1. The fraction of sp³-hybridized carbons (Fsp3) is 0.441. The number of para-hydroxylation sites is 1. The predicted octanol–water partition coefficient (Wildman–Crippen LogP) is 5.71. The van der Waals surface area contributed by atoms with Crippen LogP contribution >= 0.6 is 23.2 Å². The van der Waals surface area contributed by atoms with Gasteiger partial charge in [-0.1, -0.05) is 75.9 Å². The molecule has 1 aliphatic carbocycles. The summed E-state index contributed by atoms with van der Waals surface area (Å²) in [6.45, 7) is 6.92. The lowest BCUT2D eigenvalue weighted by Gasteiger charge is -2.39. The number of hydrogen-bond donors (Lipinski definition) is 5. The Balaban J connectivity index is 1.66. The summed E-state index contributed by atoms with van der Waals surface area (Å²) in [6.07, 6.45) is -5.49. The summed E-state index contributed by atoms with van der Waals surface area (Å²) in [5, 5.41) is 9.17. The molecule has 0 bridgehead atoms. The molecule has 0 saturated carbocycles. The van der Waals surface area contributed by atoms with Crippen LogP contribution in [0.3, 0.4) is 0 Å². The fourth-order valence-corrected chi connectivity index (χ4v) is 6.54. The Hall–Kier alpha value is -4.50. The molecule has 6 N–H and O–H groups in total. The molecule has 0 radical (unpaired) electrons. The molecule has 2 aromatic carbocycles. The highest BCUT2D eigenvalue weighted by molar-refractivity contribution is 6.38. The first-order chi connectivity index (χ1) is 23.9. The Morgan fingerprint density at radius 3 is 2.27 bits per heavy atom. The number of primary amides is 1. The number of alkyl halides is 3. The lowest BCUT2D eigenvalue weighted by Crippen LogP contribution is -2.67. The maximum absolute atomic E-state index is 14.3. The van der Waals surface area contributed by atoms with Crippen molar-refractivity contribution in [1.82, 2.24) is 20.9 Å². The highest BCUT2D eigenvalue weighted by Gasteiger charge is 2.47. The molecular weight excluding hydrogens is 718 g/mol. The normalized spacial score (nSPS) is 18.1. The van der Waals surface area contributed by atoms with Gasteiger partial charge in [-0.15, -0.1) is 13.2 Å². The standard InChI is InChI=1S/C34H38Cl2F3N5O7/c1-5-16(3)25(28(40)45)42-31(48)33(12-11-23-21(15-33)20-13-18(35)14-22(36)27(20)41-23)44-29(46)26(17(4)6-2)43-32(49)50-30(47)19-9-7-8-10-24(19)51-34(37,38)39/h7-10,13-14,16-17,25-26,41H,5-6,11-12,15H2,1-4H3,(H2,40,45)(H,42,48)(H,43,49)(H,44,46)/t16?,17?,25-,26-,33+/m0/s1. The molecule has 1 heterocycles. The molecule has 2 unspecified atom stereocenters. The highest BCUT2D eigenvalue weighted by atomic mass is 35.5. The summed E-state index contributed by atoms with van der Waals surface area (Å²) >= 11 is 12.8. The van der Waals surface area contributed by atoms with Gasteiger partial charge in [-0.25, -0.2) is 9.59 Å². The molecule has 51 heavy (non-hydrogen) atoms. The van der Waals surface area contributed by atoms with Crippen molar-refractivity contribution < 1.29 is 46.6 Å². The lowest BCUT2D eigenvalue weighted by molar-refractivity contribution is -0.274. The summed E-state index contributed by atoms with van der Waals surface area (Å²) in [6, 6.07) is 5.05. The first-order valence-electron chi connectivity index (χ1n) is 16.2. The Morgan fingerprint density at radius 1 is 1.00 bits per heavy atom. The van der Waals surface area contributed by atoms with E-state index in [1.807, 2.05) is 6.92 Å². The zero-order valence-electron chi connectivity index (χ0n) is 28.1. The average Bonchev–Trinajstić information content (AvgIpc) is 3.42. The van der Waals surface area contributed by atoms with Crippen LogP contribution in [0.15, 0.2) is 36.4 Å². The third-order valence-corrected chi connectivity index (χ3v) is 9.71. The van der Waals surface area contributed by atoms with Crippen LogP contribution < -0.4 is 26.4 Å². The number of halogens is 5. The molecule has 1 aliphatic rings. The number of carbonyl (C=O) groups excluding carboxylic acids is 5. The minimum Gasteiger partial charge on any atom is -0.405 e. The van der Waals surface area contributed by atoms with Gasteiger partial charge in [0.25, 0.3) is 0 Å². The number of nitrogens with two attached hydrogens (primary N) is 1. The van der Waals surface area contributed by atoms with E-state index < -0.39 is 71.0 Å². The summed E-state index contributed by atoms with van der Waals surface area (Å²) in [5.74, 6) is -5.61. The molecule has 0 aliphatic heterocycles. The molecule has 1 aromatic heterocycles. The Labute approximate surface area is 301 Å². The first kappa shape index (κ1) is 39.3. The summed E-state index contributed by atoms with van der Waals surface area (Å²) < 4.78 is 47.3. The largest absolute Gasteiger partial charge is 0.573 e. The van der Waals surface area contributed by atoms with Crippen LogP contribution in [0.2, 0.25) is 10.0 Å². The number of benzene rings is 2. The second kappa shape index (κ2) is 15.8. The van der Waals surface area contributed by atoms with E-state index in [-0.39, 0.29) is 25.2 Å². The monoisotopic (exact) mass is 755 g/mol. The van der Waals surface area contributed by atoms with E-state index in [0.717, 1.165) is 17.8 Å². The zero-order chi connectivity index (χ0) is 37.8. The second-order valence-electron chi connectivity index (χ2n) is 12.6. The second-order valence-corrected chi connectivity index (χ2v) is 13.5. The summed E-state index contributed by atoms with van der Waals surface area (Å²) in [4.78, 5) is 69.8. The van der Waals surface area contributed by atoms with Crippen molar-refractivity contribution in [3.8, 4) is 5.75 Å². The van der Waals surface area contributed by atoms with Crippen LogP contribution in [0, 0.1) is 11.8 Å². The van der Waals surface area contributed by atoms with E-state index in [1.54, 1.807) is 32.9 Å². The number of aromatic nitrogens is 1. The van der Waals surface area contributed by atoms with Crippen molar-refractivity contribution in [3.05, 3.63) is 63.3 Å². The fourth-order valence-electron chi connectivity index (χ4n) is 6.00. The number of fused-ring (bicyclic) bond motifs is 3. The average molecular weight is 757 g/mol. The minimum atomic E-state index is -5.13. The van der Waals surface area contributed by atoms with Crippen LogP contribution in [0.25, 0.3) is 10.9 Å². The SMILES string of the molecule is CCC(C)[C@H](NC(=O)[C@@]1(NC(=O)[C@@H](NC(=O)OC(=O)c2ccccc2OC(F)(F)F)C(C)CC)CCc2[nH]c3c(Cl)cc(Cl)cc3c2C1)C(N)=O. The molecule has 0 fully saturated rings. The molecule has 5 atom stereocenters. The highest BCUT2D eigenvalue weighted by Crippen LogP contribution is 2.38. The molecule has 0 spiro atoms. The predicted molar refractivity (Wildman–Crippen MR) is 182 cm³/mol. The maximum atomic E-state index is 14.3. The molecule has 276 valence electrons. The van der Waals surface area contributed by atoms with Crippen LogP contribution in [-0.4, -0.2) is 58.8 Å². The quantitative estimate of drug-likeness (QED) is 0.116. The number of amides is 4. The van der Waals surface area contributed by atoms with Crippen molar-refractivity contribution >= 4 is 63.9 Å². The molecule has 0 saturated heterocycles. The van der Waals surface area contributed by atoms with Gasteiger partial charge in [0, 0.05) is 22.5 Å². The van der Waals surface area contributed by atoms with E-state index in [1.165, 1.54) is 12.1 Å². The molecule has 3 aromatic rings. The van der Waals surface area contributed by atoms with E-state index in [4.69, 9.17) is 33.7 Å². The van der Waals surface area contributed by atoms with Crippen LogP contribution in [-0.2, 0) is 32.0 Å². The molecule has 17 heteroatoms. The maximum Gasteiger partial charge on any atom is 0.573 e. The van der Waals surface area contributed by atoms with Gasteiger partial charge < -0.3 is 36.1 Å². The van der Waals surface area contributed by atoms with Crippen molar-refractivity contribution in [1.29, 1.82) is 0 Å². The molecule has 4 amide bonds. The van der Waals surface area contributed by atoms with E-state index in [2.05, 4.69) is 25.7 Å². The zero-order valence-corrected chi connectivity index (χ0v) is 29.6. The van der Waals surface area contributed by atoms with Crippen molar-refractivity contribution in [2.24, 2.45) is 17.6 Å². The Bertz CT molecular complexity index is 1840. The third-order valence-electron chi connectivity index (χ3n) is 9.19. The van der Waals surface area contributed by atoms with E-state index >= 15 is 0 Å².